The molecule has 0 amide bonds. The average Bonchev–Trinajstić information content (AvgIpc) is 3.68. The third-order valence-corrected chi connectivity index (χ3v) is 22.2. The summed E-state index contributed by atoms with van der Waals surface area (Å²) in [5, 5.41) is 0. The van der Waals surface area contributed by atoms with Crippen molar-refractivity contribution in [2.24, 2.45) is 43.8 Å². The van der Waals surface area contributed by atoms with E-state index in [0.717, 1.165) is 6.42 Å². The van der Waals surface area contributed by atoms with Crippen LogP contribution in [0.2, 0.25) is 4.22 Å². The first kappa shape index (κ1) is 37.3. The molecule has 0 radical (unpaired) electrons. The predicted molar refractivity (Wildman–Crippen MR) is 201 cm³/mol. The topological polar surface area (TPSA) is 0 Å². The molecule has 2 saturated carbocycles. The third kappa shape index (κ3) is 4.04. The van der Waals surface area contributed by atoms with Gasteiger partial charge in [-0.25, -0.2) is 0 Å². The Hall–Kier alpha value is -2.48. The first-order valence-electron chi connectivity index (χ1n) is 18.2. The van der Waals surface area contributed by atoms with Gasteiger partial charge >= 0.3 is 297 Å². The maximum Gasteiger partial charge on any atom is -1.00 e. The molecule has 50 heavy (non-hydrogen) atoms. The van der Waals surface area contributed by atoms with Crippen molar-refractivity contribution in [2.75, 3.05) is 0 Å². The van der Waals surface area contributed by atoms with E-state index in [9.17, 15) is 0 Å². The average molecular weight is 736 g/mol. The fraction of sp³-hybridized carbons (Fsp3) is 0.383. The molecule has 0 saturated heterocycles. The van der Waals surface area contributed by atoms with Crippen molar-refractivity contribution in [2.45, 2.75) is 66.0 Å². The van der Waals surface area contributed by atoms with Crippen LogP contribution in [-0.4, -0.2) is 3.81 Å². The number of halogens is 2. The summed E-state index contributed by atoms with van der Waals surface area (Å²) in [6, 6.07) is 23.0. The van der Waals surface area contributed by atoms with Crippen molar-refractivity contribution >= 4 is 3.81 Å². The summed E-state index contributed by atoms with van der Waals surface area (Å²) < 4.78 is 3.84. The SMILES string of the molecule is CC1=CC=CC2[CH]([Ti+2]([C]3=CC=CC3)=[C](c3ccccc3)c3ccccc3)C3(C)C4(C)C=CC=CC4(C)C4(C)C=CC=CC4(C)C3(C)C12C.[Cl-].[Cl-]. The van der Waals surface area contributed by atoms with E-state index in [2.05, 4.69) is 201 Å². The molecule has 6 aliphatic rings. The van der Waals surface area contributed by atoms with E-state index in [4.69, 9.17) is 0 Å². The van der Waals surface area contributed by atoms with Gasteiger partial charge < -0.3 is 24.8 Å². The fourth-order valence-corrected chi connectivity index (χ4v) is 20.2. The van der Waals surface area contributed by atoms with Crippen LogP contribution in [0, 0.1) is 43.8 Å². The Morgan fingerprint density at radius 1 is 0.600 bits per heavy atom. The Kier molecular flexibility index (Phi) is 9.18. The van der Waals surface area contributed by atoms with Gasteiger partial charge in [0.05, 0.1) is 0 Å². The summed E-state index contributed by atoms with van der Waals surface area (Å²) in [5.74, 6) is 0.412. The number of benzene rings is 2. The minimum Gasteiger partial charge on any atom is -1.00 e. The Morgan fingerprint density at radius 3 is 1.62 bits per heavy atom. The van der Waals surface area contributed by atoms with Gasteiger partial charge in [-0.05, 0) is 0 Å². The molecule has 258 valence electrons. The molecule has 0 N–H and O–H groups in total. The van der Waals surface area contributed by atoms with Gasteiger partial charge in [-0.1, -0.05) is 0 Å². The van der Waals surface area contributed by atoms with E-state index in [1.807, 2.05) is 0 Å². The maximum atomic E-state index is 2.80. The second-order valence-corrected chi connectivity index (χ2v) is 20.9. The zero-order chi connectivity index (χ0) is 33.8. The van der Waals surface area contributed by atoms with Crippen LogP contribution in [0.1, 0.15) is 72.9 Å². The normalized spacial score (nSPS) is 40.9. The number of rotatable bonds is 4. The molecule has 0 nitrogen and oxygen atoms in total. The molecule has 0 aromatic heterocycles. The van der Waals surface area contributed by atoms with Crippen molar-refractivity contribution in [1.29, 1.82) is 0 Å². The van der Waals surface area contributed by atoms with Gasteiger partial charge in [-0.3, -0.25) is 0 Å². The second kappa shape index (κ2) is 12.3. The van der Waals surface area contributed by atoms with Gasteiger partial charge in [0.2, 0.25) is 0 Å². The van der Waals surface area contributed by atoms with Crippen LogP contribution in [0.15, 0.2) is 155 Å². The smallest absolute Gasteiger partial charge is 1.00 e. The van der Waals surface area contributed by atoms with Crippen LogP contribution in [0.5, 0.6) is 0 Å². The molecule has 2 aromatic carbocycles. The van der Waals surface area contributed by atoms with Gasteiger partial charge in [-0.15, -0.1) is 0 Å². The summed E-state index contributed by atoms with van der Waals surface area (Å²) in [7, 11) is 0. The fourth-order valence-electron chi connectivity index (χ4n) is 13.1. The molecular weight excluding hydrogens is 683 g/mol. The Morgan fingerprint density at radius 2 is 1.10 bits per heavy atom. The Balaban J connectivity index is 0.00000216. The third-order valence-electron chi connectivity index (χ3n) is 16.3. The molecule has 8 rings (SSSR count). The van der Waals surface area contributed by atoms with E-state index in [1.54, 1.807) is 13.3 Å². The minimum atomic E-state index is -2.42. The molecule has 3 heteroatoms. The number of allylic oxidation sites excluding steroid dienone is 16. The van der Waals surface area contributed by atoms with Gasteiger partial charge in [0, 0.05) is 0 Å². The summed E-state index contributed by atoms with van der Waals surface area (Å²) in [6.07, 6.45) is 36.1. The first-order valence-corrected chi connectivity index (χ1v) is 20.6. The number of fused-ring (bicyclic) bond motifs is 8. The van der Waals surface area contributed by atoms with E-state index in [0.29, 0.717) is 10.1 Å². The monoisotopic (exact) mass is 734 g/mol. The summed E-state index contributed by atoms with van der Waals surface area (Å²) in [5.41, 5.74) is 3.75. The van der Waals surface area contributed by atoms with Gasteiger partial charge in [0.1, 0.15) is 0 Å². The van der Waals surface area contributed by atoms with E-state index in [-0.39, 0.29) is 62.7 Å². The molecule has 9 atom stereocenters. The Bertz CT molecular complexity index is 1930. The molecular formula is C47H52Cl2Ti. The van der Waals surface area contributed by atoms with Crippen LogP contribution >= 0.6 is 0 Å². The van der Waals surface area contributed by atoms with Crippen molar-refractivity contribution in [1.82, 2.24) is 0 Å². The number of hydrogen-bond donors (Lipinski definition) is 0. The zero-order valence-electron chi connectivity index (χ0n) is 31.0. The molecule has 2 fully saturated rings. The largest absolute Gasteiger partial charge is 1.00 e. The zero-order valence-corrected chi connectivity index (χ0v) is 34.0. The van der Waals surface area contributed by atoms with E-state index >= 15 is 0 Å². The molecule has 6 aliphatic carbocycles. The predicted octanol–water partition coefficient (Wildman–Crippen LogP) is 5.97. The second-order valence-electron chi connectivity index (χ2n) is 16.9. The van der Waals surface area contributed by atoms with Crippen LogP contribution in [-0.2, 0) is 17.4 Å². The molecule has 0 heterocycles. The quantitative estimate of drug-likeness (QED) is 0.340. The maximum absolute atomic E-state index is 2.80. The first-order chi connectivity index (χ1) is 22.9. The van der Waals surface area contributed by atoms with E-state index < -0.39 is 17.4 Å². The van der Waals surface area contributed by atoms with Gasteiger partial charge in [-0.2, -0.15) is 0 Å². The molecule has 2 aromatic rings. The Labute approximate surface area is 320 Å². The standard InChI is InChI=1S/C29H37.C13H10.C5H5.2ClH.Ti/c1-21-14-13-15-22-20-27(6)25(4)18-10-9-16-23(25,2)24(3)17-11-12-19-26(24,5)29(27,8)28(21,22)7;1-3-7-12(8-4-1)11-13-9-5-2-6-10-13;1-2-4-5-3-1;;;/h9-20,22H,1-8H3;1-10H;1-3H,4H2;2*1H;/q;;;;;+2/p-2. The molecule has 0 spiro atoms. The molecule has 9 unspecified atom stereocenters. The minimum absolute atomic E-state index is 0. The van der Waals surface area contributed by atoms with E-state index in [1.165, 1.54) is 11.1 Å². The van der Waals surface area contributed by atoms with Crippen molar-refractivity contribution in [3.05, 3.63) is 166 Å². The van der Waals surface area contributed by atoms with Crippen LogP contribution in [0.4, 0.5) is 0 Å². The number of hydrogen-bond acceptors (Lipinski definition) is 0. The van der Waals surface area contributed by atoms with Crippen molar-refractivity contribution < 1.29 is 42.2 Å². The van der Waals surface area contributed by atoms with Crippen molar-refractivity contribution in [3.8, 4) is 0 Å². The summed E-state index contributed by atoms with van der Waals surface area (Å²) >= 11 is -2.42. The van der Waals surface area contributed by atoms with Crippen molar-refractivity contribution in [3.63, 3.8) is 0 Å². The summed E-state index contributed by atoms with van der Waals surface area (Å²) in [6.45, 7) is 21.3. The van der Waals surface area contributed by atoms with Crippen LogP contribution < -0.4 is 24.8 Å². The van der Waals surface area contributed by atoms with Crippen LogP contribution in [0.3, 0.4) is 0 Å². The van der Waals surface area contributed by atoms with Gasteiger partial charge in [0.15, 0.2) is 0 Å². The van der Waals surface area contributed by atoms with Crippen LogP contribution in [0.25, 0.3) is 0 Å². The van der Waals surface area contributed by atoms with Gasteiger partial charge in [0.25, 0.3) is 0 Å². The molecule has 0 bridgehead atoms. The molecule has 0 aliphatic heterocycles. The summed E-state index contributed by atoms with van der Waals surface area (Å²) in [4.78, 5) is 0.